The van der Waals surface area contributed by atoms with Crippen molar-refractivity contribution in [1.29, 1.82) is 5.26 Å². The molecule has 1 saturated heterocycles. The zero-order valence-electron chi connectivity index (χ0n) is 19.8. The predicted octanol–water partition coefficient (Wildman–Crippen LogP) is 3.60. The highest BCUT2D eigenvalue weighted by Gasteiger charge is 2.40. The summed E-state index contributed by atoms with van der Waals surface area (Å²) in [7, 11) is 1.67. The van der Waals surface area contributed by atoms with Gasteiger partial charge < -0.3 is 14.6 Å². The van der Waals surface area contributed by atoms with Crippen LogP contribution in [-0.2, 0) is 5.41 Å². The number of methoxy groups -OCH3 is 1. The third kappa shape index (κ3) is 5.69. The van der Waals surface area contributed by atoms with Crippen LogP contribution in [0.4, 0.5) is 4.39 Å². The molecule has 1 saturated carbocycles. The molecule has 0 radical (unpaired) electrons. The van der Waals surface area contributed by atoms with Crippen molar-refractivity contribution in [2.75, 3.05) is 46.4 Å². The molecule has 0 spiro atoms. The molecule has 0 aromatic heterocycles. The molecular formula is C27H34FN3O3. The minimum Gasteiger partial charge on any atom is -0.496 e. The van der Waals surface area contributed by atoms with Gasteiger partial charge in [-0.05, 0) is 56.0 Å². The van der Waals surface area contributed by atoms with Crippen LogP contribution < -0.4 is 9.47 Å². The van der Waals surface area contributed by atoms with E-state index in [4.69, 9.17) is 9.47 Å². The SMILES string of the molecule is COc1ccccc1[C@]1(C#N)CC[C@@H](N2CCN(CC(O)COc3ccc(F)cc3)CC2)CC1. The summed E-state index contributed by atoms with van der Waals surface area (Å²) in [6.45, 7) is 4.48. The Hall–Kier alpha value is -2.66. The third-order valence-corrected chi connectivity index (χ3v) is 7.29. The van der Waals surface area contributed by atoms with Gasteiger partial charge in [-0.3, -0.25) is 9.80 Å². The molecule has 1 heterocycles. The minimum absolute atomic E-state index is 0.188. The van der Waals surface area contributed by atoms with Gasteiger partial charge in [0.15, 0.2) is 0 Å². The Bertz CT molecular complexity index is 962. The number of rotatable bonds is 8. The summed E-state index contributed by atoms with van der Waals surface area (Å²) in [6.07, 6.45) is 3.09. The fourth-order valence-corrected chi connectivity index (χ4v) is 5.33. The maximum Gasteiger partial charge on any atom is 0.123 e. The van der Waals surface area contributed by atoms with E-state index in [0.29, 0.717) is 18.3 Å². The Labute approximate surface area is 201 Å². The van der Waals surface area contributed by atoms with Gasteiger partial charge in [0.1, 0.15) is 30.0 Å². The van der Waals surface area contributed by atoms with Crippen molar-refractivity contribution in [2.45, 2.75) is 43.2 Å². The number of benzene rings is 2. The van der Waals surface area contributed by atoms with Crippen molar-refractivity contribution in [3.63, 3.8) is 0 Å². The van der Waals surface area contributed by atoms with Gasteiger partial charge in [0.2, 0.25) is 0 Å². The molecule has 1 N–H and O–H groups in total. The third-order valence-electron chi connectivity index (χ3n) is 7.29. The molecule has 34 heavy (non-hydrogen) atoms. The highest BCUT2D eigenvalue weighted by Crippen LogP contribution is 2.43. The molecule has 1 unspecified atom stereocenters. The number of para-hydroxylation sites is 1. The van der Waals surface area contributed by atoms with Crippen molar-refractivity contribution >= 4 is 0 Å². The maximum absolute atomic E-state index is 13.0. The Morgan fingerprint density at radius 3 is 2.41 bits per heavy atom. The minimum atomic E-state index is -0.594. The van der Waals surface area contributed by atoms with E-state index in [-0.39, 0.29) is 12.4 Å². The molecule has 1 atom stereocenters. The van der Waals surface area contributed by atoms with Crippen LogP contribution in [0.5, 0.6) is 11.5 Å². The molecule has 4 rings (SSSR count). The molecule has 7 heteroatoms. The van der Waals surface area contributed by atoms with Crippen molar-refractivity contribution < 1.29 is 19.0 Å². The summed E-state index contributed by atoms with van der Waals surface area (Å²) in [5, 5.41) is 20.5. The summed E-state index contributed by atoms with van der Waals surface area (Å²) in [4.78, 5) is 4.81. The lowest BCUT2D eigenvalue weighted by Crippen LogP contribution is -2.53. The first kappa shape index (κ1) is 24.5. The standard InChI is InChI=1S/C27H34FN3O3/c1-33-26-5-3-2-4-25(26)27(20-29)12-10-22(11-13-27)31-16-14-30(15-17-31)18-23(32)19-34-24-8-6-21(28)7-9-24/h2-9,22-23,32H,10-19H2,1H3/t22-,23?,27-. The van der Waals surface area contributed by atoms with Gasteiger partial charge in [-0.1, -0.05) is 18.2 Å². The lowest BCUT2D eigenvalue weighted by molar-refractivity contribution is 0.0285. The highest BCUT2D eigenvalue weighted by molar-refractivity contribution is 5.44. The van der Waals surface area contributed by atoms with E-state index in [1.165, 1.54) is 12.1 Å². The number of β-amino-alcohol motifs (C(OH)–C–C–N with tert-alkyl or cyclic N) is 1. The van der Waals surface area contributed by atoms with Gasteiger partial charge in [0, 0.05) is 44.3 Å². The highest BCUT2D eigenvalue weighted by atomic mass is 19.1. The summed E-state index contributed by atoms with van der Waals surface area (Å²) < 4.78 is 24.1. The van der Waals surface area contributed by atoms with E-state index in [2.05, 4.69) is 15.9 Å². The van der Waals surface area contributed by atoms with Crippen LogP contribution in [0.25, 0.3) is 0 Å². The van der Waals surface area contributed by atoms with E-state index in [1.807, 2.05) is 24.3 Å². The topological polar surface area (TPSA) is 69.0 Å². The number of hydrogen-bond donors (Lipinski definition) is 1. The zero-order chi connectivity index (χ0) is 24.0. The summed E-state index contributed by atoms with van der Waals surface area (Å²) in [5.41, 5.74) is 0.541. The van der Waals surface area contributed by atoms with Crippen LogP contribution in [0.1, 0.15) is 31.2 Å². The van der Waals surface area contributed by atoms with Crippen LogP contribution in [0.2, 0.25) is 0 Å². The lowest BCUT2D eigenvalue weighted by Gasteiger charge is -2.44. The number of hydrogen-bond acceptors (Lipinski definition) is 6. The molecule has 2 aliphatic rings. The van der Waals surface area contributed by atoms with Gasteiger partial charge in [-0.2, -0.15) is 5.26 Å². The average molecular weight is 468 g/mol. The molecule has 1 aliphatic carbocycles. The van der Waals surface area contributed by atoms with Crippen LogP contribution in [-0.4, -0.2) is 73.5 Å². The normalized spacial score (nSPS) is 24.8. The summed E-state index contributed by atoms with van der Waals surface area (Å²) in [6, 6.07) is 16.9. The molecule has 0 amide bonds. The second-order valence-electron chi connectivity index (χ2n) is 9.38. The Morgan fingerprint density at radius 1 is 1.09 bits per heavy atom. The molecule has 2 fully saturated rings. The largest absolute Gasteiger partial charge is 0.496 e. The van der Waals surface area contributed by atoms with Crippen molar-refractivity contribution in [3.05, 3.63) is 59.9 Å². The maximum atomic E-state index is 13.0. The fraction of sp³-hybridized carbons (Fsp3) is 0.519. The molecule has 6 nitrogen and oxygen atoms in total. The first-order valence-corrected chi connectivity index (χ1v) is 12.1. The van der Waals surface area contributed by atoms with Crippen molar-refractivity contribution in [3.8, 4) is 17.6 Å². The van der Waals surface area contributed by atoms with Crippen molar-refractivity contribution in [1.82, 2.24) is 9.80 Å². The van der Waals surface area contributed by atoms with Gasteiger partial charge >= 0.3 is 0 Å². The molecule has 2 aromatic carbocycles. The van der Waals surface area contributed by atoms with Crippen LogP contribution >= 0.6 is 0 Å². The number of aliphatic hydroxyl groups is 1. The smallest absolute Gasteiger partial charge is 0.123 e. The van der Waals surface area contributed by atoms with Crippen molar-refractivity contribution in [2.24, 2.45) is 0 Å². The zero-order valence-corrected chi connectivity index (χ0v) is 19.8. The van der Waals surface area contributed by atoms with Gasteiger partial charge in [0.25, 0.3) is 0 Å². The predicted molar refractivity (Wildman–Crippen MR) is 128 cm³/mol. The van der Waals surface area contributed by atoms with E-state index < -0.39 is 11.5 Å². The quantitative estimate of drug-likeness (QED) is 0.640. The monoisotopic (exact) mass is 467 g/mol. The number of halogens is 1. The molecule has 182 valence electrons. The molecule has 1 aliphatic heterocycles. The van der Waals surface area contributed by atoms with Gasteiger partial charge in [-0.25, -0.2) is 4.39 Å². The molecule has 0 bridgehead atoms. The summed E-state index contributed by atoms with van der Waals surface area (Å²) in [5.74, 6) is 1.06. The van der Waals surface area contributed by atoms with E-state index in [0.717, 1.165) is 63.2 Å². The Balaban J connectivity index is 1.23. The fourth-order valence-electron chi connectivity index (χ4n) is 5.33. The van der Waals surface area contributed by atoms with Crippen LogP contribution in [0.15, 0.2) is 48.5 Å². The number of piperazine rings is 1. The first-order valence-electron chi connectivity index (χ1n) is 12.1. The second kappa shape index (κ2) is 11.2. The van der Waals surface area contributed by atoms with Crippen LogP contribution in [0, 0.1) is 17.1 Å². The van der Waals surface area contributed by atoms with Gasteiger partial charge in [0.05, 0.1) is 18.6 Å². The Kier molecular flexibility index (Phi) is 8.04. The van der Waals surface area contributed by atoms with Gasteiger partial charge in [-0.15, -0.1) is 0 Å². The molecule has 2 aromatic rings. The average Bonchev–Trinajstić information content (AvgIpc) is 2.89. The van der Waals surface area contributed by atoms with E-state index in [1.54, 1.807) is 19.2 Å². The number of nitrogens with zero attached hydrogens (tertiary/aromatic N) is 3. The summed E-state index contributed by atoms with van der Waals surface area (Å²) >= 11 is 0. The first-order chi connectivity index (χ1) is 16.5. The van der Waals surface area contributed by atoms with Crippen LogP contribution in [0.3, 0.4) is 0 Å². The van der Waals surface area contributed by atoms with E-state index in [9.17, 15) is 14.8 Å². The Morgan fingerprint density at radius 2 is 1.76 bits per heavy atom. The number of ether oxygens (including phenoxy) is 2. The van der Waals surface area contributed by atoms with E-state index >= 15 is 0 Å². The molecular weight excluding hydrogens is 433 g/mol. The lowest BCUT2D eigenvalue weighted by atomic mass is 9.68. The number of nitriles is 1. The number of aliphatic hydroxyl groups excluding tert-OH is 1. The second-order valence-corrected chi connectivity index (χ2v) is 9.38.